The highest BCUT2D eigenvalue weighted by atomic mass is 28.4. The first-order valence-corrected chi connectivity index (χ1v) is 28.5. The van der Waals surface area contributed by atoms with Crippen molar-refractivity contribution in [3.8, 4) is 0 Å². The van der Waals surface area contributed by atoms with E-state index in [1.165, 1.54) is 64.5 Å². The molecule has 0 N–H and O–H groups in total. The summed E-state index contributed by atoms with van der Waals surface area (Å²) in [5, 5.41) is 7.44. The fraction of sp³-hybridized carbons (Fsp3) is 0.161. The molecule has 67 heavy (non-hydrogen) atoms. The molecule has 0 fully saturated rings. The second-order valence-electron chi connectivity index (χ2n) is 20.1. The van der Waals surface area contributed by atoms with Gasteiger partial charge in [-0.3, -0.25) is 0 Å². The van der Waals surface area contributed by atoms with Crippen molar-refractivity contribution in [2.45, 2.75) is 63.5 Å². The van der Waals surface area contributed by atoms with Gasteiger partial charge in [0.05, 0.1) is 23.4 Å². The van der Waals surface area contributed by atoms with Crippen LogP contribution in [0.3, 0.4) is 0 Å². The molecule has 0 amide bonds. The molecule has 2 atom stereocenters. The SMILES string of the molecule is CC(C)(C)[Si](OC1=Cc2ccccc2C1c1ccc([Si]c2ccc(C3C(O[Si](c4ccccc4)(c4ccccc4)C(C)(C)C)=Cc4ccccc43)cc2)cc1)(c1ccccc1)c1ccccc1. The predicted molar refractivity (Wildman–Crippen MR) is 288 cm³/mol. The van der Waals surface area contributed by atoms with E-state index in [1.807, 2.05) is 0 Å². The third-order valence-electron chi connectivity index (χ3n) is 13.9. The van der Waals surface area contributed by atoms with Crippen molar-refractivity contribution in [1.82, 2.24) is 0 Å². The molecule has 8 aromatic carbocycles. The van der Waals surface area contributed by atoms with Gasteiger partial charge < -0.3 is 8.85 Å². The Hall–Kier alpha value is -6.51. The third-order valence-corrected chi connectivity index (χ3v) is 25.1. The van der Waals surface area contributed by atoms with Crippen LogP contribution in [-0.2, 0) is 8.85 Å². The van der Waals surface area contributed by atoms with Crippen molar-refractivity contribution in [3.63, 3.8) is 0 Å². The largest absolute Gasteiger partial charge is 0.536 e. The molecule has 0 spiro atoms. The molecule has 2 aliphatic carbocycles. The zero-order valence-electron chi connectivity index (χ0n) is 39.4. The minimum Gasteiger partial charge on any atom is -0.536 e. The standard InChI is InChI=1S/C62H58O2Si3/c1-61(2,3)66(51-25-11-7-12-26-51,52-27-13-8-14-28-52)63-57-43-47-23-19-21-33-55(47)59(57)45-35-39-49(40-36-45)65-50-41-37-46(38-42-50)60-56-34-22-20-24-48(56)44-58(60)64-67(62(4,5)6,53-29-15-9-16-30-53)54-31-17-10-18-32-54/h7-44,59-60H,1-6H3. The second-order valence-corrected chi connectivity index (χ2v) is 30.0. The second kappa shape index (κ2) is 17.9. The maximum absolute atomic E-state index is 7.77. The number of rotatable bonds is 12. The summed E-state index contributed by atoms with van der Waals surface area (Å²) < 4.78 is 15.5. The van der Waals surface area contributed by atoms with Gasteiger partial charge in [-0.1, -0.05) is 270 Å². The molecule has 10 rings (SSSR count). The fourth-order valence-corrected chi connectivity index (χ4v) is 20.7. The number of allylic oxidation sites excluding steroid dienone is 2. The van der Waals surface area contributed by atoms with E-state index < -0.39 is 16.6 Å². The molecular weight excluding hydrogens is 861 g/mol. The summed E-state index contributed by atoms with van der Waals surface area (Å²) in [4.78, 5) is 0. The maximum Gasteiger partial charge on any atom is 0.319 e. The lowest BCUT2D eigenvalue weighted by Gasteiger charge is -2.44. The Morgan fingerprint density at radius 1 is 0.343 bits per heavy atom. The molecule has 0 heterocycles. The van der Waals surface area contributed by atoms with Crippen LogP contribution in [0.15, 0.2) is 230 Å². The van der Waals surface area contributed by atoms with Crippen LogP contribution in [0.2, 0.25) is 10.1 Å². The van der Waals surface area contributed by atoms with Gasteiger partial charge in [0, 0.05) is 0 Å². The molecule has 5 heteroatoms. The summed E-state index contributed by atoms with van der Waals surface area (Å²) in [7, 11) is -5.20. The van der Waals surface area contributed by atoms with E-state index in [9.17, 15) is 0 Å². The van der Waals surface area contributed by atoms with E-state index in [4.69, 9.17) is 8.85 Å². The van der Waals surface area contributed by atoms with Gasteiger partial charge >= 0.3 is 16.6 Å². The molecule has 8 aromatic rings. The van der Waals surface area contributed by atoms with Crippen LogP contribution in [0.1, 0.15) is 86.8 Å². The molecule has 0 aliphatic heterocycles. The van der Waals surface area contributed by atoms with Gasteiger partial charge in [0.25, 0.3) is 0 Å². The zero-order valence-corrected chi connectivity index (χ0v) is 42.4. The highest BCUT2D eigenvalue weighted by molar-refractivity contribution is 7.00. The Balaban J connectivity index is 0.943. The summed E-state index contributed by atoms with van der Waals surface area (Å²) in [6.45, 7) is 14.1. The molecule has 0 saturated carbocycles. The van der Waals surface area contributed by atoms with E-state index in [0.717, 1.165) is 11.5 Å². The minimum absolute atomic E-state index is 0.00265. The van der Waals surface area contributed by atoms with E-state index >= 15 is 0 Å². The quantitative estimate of drug-likeness (QED) is 0.114. The van der Waals surface area contributed by atoms with Gasteiger partial charge in [-0.25, -0.2) is 0 Å². The van der Waals surface area contributed by atoms with Crippen LogP contribution >= 0.6 is 0 Å². The number of hydrogen-bond donors (Lipinski definition) is 0. The molecule has 330 valence electrons. The lowest BCUT2D eigenvalue weighted by atomic mass is 9.92. The zero-order chi connectivity index (χ0) is 46.2. The molecule has 0 saturated heterocycles. The Labute approximate surface area is 402 Å². The van der Waals surface area contributed by atoms with Crippen LogP contribution in [0.25, 0.3) is 12.2 Å². The molecule has 2 nitrogen and oxygen atoms in total. The van der Waals surface area contributed by atoms with Gasteiger partial charge in [0.1, 0.15) is 9.52 Å². The lowest BCUT2D eigenvalue weighted by molar-refractivity contribution is 0.381. The van der Waals surface area contributed by atoms with Crippen molar-refractivity contribution in [2.75, 3.05) is 0 Å². The predicted octanol–water partition coefficient (Wildman–Crippen LogP) is 11.5. The molecule has 2 radical (unpaired) electrons. The molecule has 0 bridgehead atoms. The first-order chi connectivity index (χ1) is 32.5. The van der Waals surface area contributed by atoms with Crippen molar-refractivity contribution in [3.05, 3.63) is 263 Å². The average molecular weight is 919 g/mol. The molecule has 0 aromatic heterocycles. The van der Waals surface area contributed by atoms with Gasteiger partial charge in [-0.05, 0) is 76.4 Å². The number of fused-ring (bicyclic) bond motifs is 2. The summed E-state index contributed by atoms with van der Waals surface area (Å²) in [6, 6.07) is 80.2. The molecule has 2 aliphatic rings. The van der Waals surface area contributed by atoms with Crippen LogP contribution in [0, 0.1) is 0 Å². The Bertz CT molecular complexity index is 2750. The van der Waals surface area contributed by atoms with Crippen molar-refractivity contribution >= 4 is 69.4 Å². The van der Waals surface area contributed by atoms with Gasteiger partial charge in [0.15, 0.2) is 0 Å². The average Bonchev–Trinajstić information content (AvgIpc) is 3.91. The summed E-state index contributed by atoms with van der Waals surface area (Å²) in [6.07, 6.45) is 4.61. The topological polar surface area (TPSA) is 18.5 Å². The van der Waals surface area contributed by atoms with Crippen LogP contribution in [-0.4, -0.2) is 26.2 Å². The highest BCUT2D eigenvalue weighted by Gasteiger charge is 2.55. The monoisotopic (exact) mass is 918 g/mol. The van der Waals surface area contributed by atoms with E-state index in [0.29, 0.717) is 9.52 Å². The van der Waals surface area contributed by atoms with Crippen LogP contribution in [0.4, 0.5) is 0 Å². The summed E-state index contributed by atoms with van der Waals surface area (Å²) in [5.74, 6) is 2.05. The van der Waals surface area contributed by atoms with E-state index in [-0.39, 0.29) is 21.9 Å². The third kappa shape index (κ3) is 8.13. The Kier molecular flexibility index (Phi) is 11.9. The van der Waals surface area contributed by atoms with Crippen LogP contribution < -0.4 is 31.1 Å². The van der Waals surface area contributed by atoms with Gasteiger partial charge in [0.2, 0.25) is 0 Å². The first-order valence-electron chi connectivity index (χ1n) is 23.6. The van der Waals surface area contributed by atoms with Gasteiger partial charge in [-0.2, -0.15) is 0 Å². The molecular formula is C62H58O2Si3. The summed E-state index contributed by atoms with van der Waals surface area (Å²) >= 11 is 0. The minimum atomic E-state index is -2.86. The van der Waals surface area contributed by atoms with Gasteiger partial charge in [-0.15, -0.1) is 0 Å². The normalized spacial score (nSPS) is 15.9. The number of benzene rings is 8. The van der Waals surface area contributed by atoms with Crippen molar-refractivity contribution in [2.24, 2.45) is 0 Å². The number of hydrogen-bond acceptors (Lipinski definition) is 2. The smallest absolute Gasteiger partial charge is 0.319 e. The van der Waals surface area contributed by atoms with Crippen LogP contribution in [0.5, 0.6) is 0 Å². The van der Waals surface area contributed by atoms with Crippen molar-refractivity contribution in [1.29, 1.82) is 0 Å². The highest BCUT2D eigenvalue weighted by Crippen LogP contribution is 2.48. The molecule has 2 unspecified atom stereocenters. The lowest BCUT2D eigenvalue weighted by Crippen LogP contribution is -2.66. The van der Waals surface area contributed by atoms with Crippen molar-refractivity contribution < 1.29 is 8.85 Å². The maximum atomic E-state index is 7.77. The van der Waals surface area contributed by atoms with E-state index in [2.05, 4.69) is 272 Å². The van der Waals surface area contributed by atoms with E-state index in [1.54, 1.807) is 0 Å². The first kappa shape index (κ1) is 44.3. The Morgan fingerprint density at radius 2 is 0.627 bits per heavy atom. The Morgan fingerprint density at radius 3 is 0.925 bits per heavy atom. The fourth-order valence-electron chi connectivity index (χ4n) is 10.8. The summed E-state index contributed by atoms with van der Waals surface area (Å²) in [5.41, 5.74) is 7.54.